The van der Waals surface area contributed by atoms with E-state index in [9.17, 15) is 27.6 Å². The number of likely N-dealkylation sites (tertiary alicyclic amines) is 1. The lowest BCUT2D eigenvalue weighted by Gasteiger charge is -2.32. The number of hydrogen-bond donors (Lipinski definition) is 4. The number of carbonyl (C=O) groups excluding carboxylic acids is 4. The van der Waals surface area contributed by atoms with Crippen LogP contribution in [0.1, 0.15) is 98.7 Å². The van der Waals surface area contributed by atoms with Crippen molar-refractivity contribution in [1.82, 2.24) is 26.2 Å². The number of rotatable bonds is 26. The van der Waals surface area contributed by atoms with E-state index in [0.717, 1.165) is 68.2 Å². The molecule has 3 heterocycles. The van der Waals surface area contributed by atoms with E-state index in [2.05, 4.69) is 26.2 Å². The summed E-state index contributed by atoms with van der Waals surface area (Å²) in [7, 11) is -4.65. The van der Waals surface area contributed by atoms with Crippen LogP contribution in [0.15, 0.2) is 89.8 Å². The standard InChI is InChI=1S/C51H61ClF2N6O8S2/c1-34(39-22-17-36(50(63)35-13-4-2-5-14-35)29-44(39)67-28-12-27-59-25-10-11-26-59)60(70(65,66)38-20-18-37(52)19-21-38)43-30-41(54)45(31-40(43)53)68-32-48(62)56-24-9-3-8-23-55-47(61)16-7-6-15-46-49-42(33-69-46)57-51(64)58-49/h2,4-5,13-14,17-22,29-31,34,42,46,49H,3,6-12,15-16,23-28,32-33H2,1H3,(H,55,61)(H,56,62)(H2,57,58,64)/t34?,42-,46-,49-/m0/s1. The Labute approximate surface area is 418 Å². The molecule has 4 N–H and O–H groups in total. The van der Waals surface area contributed by atoms with Crippen LogP contribution in [-0.2, 0) is 19.6 Å². The molecule has 3 aliphatic heterocycles. The number of thioether (sulfide) groups is 1. The molecule has 376 valence electrons. The van der Waals surface area contributed by atoms with Gasteiger partial charge in [-0.2, -0.15) is 11.8 Å². The second kappa shape index (κ2) is 25.1. The minimum absolute atomic E-state index is 0.0128. The zero-order chi connectivity index (χ0) is 49.6. The van der Waals surface area contributed by atoms with Crippen LogP contribution in [-0.4, -0.2) is 106 Å². The minimum Gasteiger partial charge on any atom is -0.493 e. The fourth-order valence-electron chi connectivity index (χ4n) is 9.01. The van der Waals surface area contributed by atoms with E-state index in [-0.39, 0.29) is 52.1 Å². The zero-order valence-corrected chi connectivity index (χ0v) is 41.6. The lowest BCUT2D eigenvalue weighted by Crippen LogP contribution is -2.36. The lowest BCUT2D eigenvalue weighted by atomic mass is 9.99. The highest BCUT2D eigenvalue weighted by Gasteiger charge is 2.42. The van der Waals surface area contributed by atoms with Gasteiger partial charge < -0.3 is 35.6 Å². The second-order valence-electron chi connectivity index (χ2n) is 17.8. The number of hydrogen-bond acceptors (Lipinski definition) is 10. The summed E-state index contributed by atoms with van der Waals surface area (Å²) in [4.78, 5) is 52.3. The molecule has 14 nitrogen and oxygen atoms in total. The molecule has 0 radical (unpaired) electrons. The molecule has 3 saturated heterocycles. The summed E-state index contributed by atoms with van der Waals surface area (Å²) in [6.07, 6.45) is 8.00. The quantitative estimate of drug-likeness (QED) is 0.0273. The Kier molecular flexibility index (Phi) is 18.8. The van der Waals surface area contributed by atoms with Crippen molar-refractivity contribution in [2.24, 2.45) is 0 Å². The first-order valence-corrected chi connectivity index (χ1v) is 26.9. The highest BCUT2D eigenvalue weighted by molar-refractivity contribution is 8.00. The summed E-state index contributed by atoms with van der Waals surface area (Å²) in [5.41, 5.74) is 0.402. The first kappa shape index (κ1) is 52.4. The van der Waals surface area contributed by atoms with Gasteiger partial charge in [0.1, 0.15) is 5.75 Å². The Morgan fingerprint density at radius 1 is 0.829 bits per heavy atom. The fraction of sp³-hybridized carbons (Fsp3) is 0.451. The van der Waals surface area contributed by atoms with Crippen molar-refractivity contribution in [3.05, 3.63) is 118 Å². The maximum Gasteiger partial charge on any atom is 0.315 e. The van der Waals surface area contributed by atoms with Crippen molar-refractivity contribution in [1.29, 1.82) is 0 Å². The van der Waals surface area contributed by atoms with Crippen LogP contribution in [0.4, 0.5) is 19.3 Å². The number of ketones is 1. The van der Waals surface area contributed by atoms with Crippen LogP contribution < -0.4 is 35.0 Å². The van der Waals surface area contributed by atoms with Crippen molar-refractivity contribution in [2.45, 2.75) is 99.4 Å². The highest BCUT2D eigenvalue weighted by atomic mass is 35.5. The molecule has 4 amide bonds. The van der Waals surface area contributed by atoms with Crippen LogP contribution in [0.3, 0.4) is 0 Å². The predicted molar refractivity (Wildman–Crippen MR) is 267 cm³/mol. The summed E-state index contributed by atoms with van der Waals surface area (Å²) in [6.45, 7) is 4.72. The fourth-order valence-corrected chi connectivity index (χ4v) is 12.3. The molecule has 3 fully saturated rings. The van der Waals surface area contributed by atoms with Crippen molar-refractivity contribution in [3.8, 4) is 11.5 Å². The van der Waals surface area contributed by atoms with Gasteiger partial charge >= 0.3 is 6.03 Å². The molecule has 19 heteroatoms. The van der Waals surface area contributed by atoms with E-state index in [4.69, 9.17) is 21.1 Å². The van der Waals surface area contributed by atoms with Crippen molar-refractivity contribution < 1.29 is 45.9 Å². The van der Waals surface area contributed by atoms with Crippen LogP contribution in [0.2, 0.25) is 5.02 Å². The van der Waals surface area contributed by atoms with Gasteiger partial charge in [-0.05, 0) is 102 Å². The number of ether oxygens (including phenoxy) is 2. The van der Waals surface area contributed by atoms with E-state index >= 15 is 8.78 Å². The highest BCUT2D eigenvalue weighted by Crippen LogP contribution is 2.41. The molecule has 7 rings (SSSR count). The van der Waals surface area contributed by atoms with Gasteiger partial charge in [0, 0.05) is 70.9 Å². The number of urea groups is 1. The van der Waals surface area contributed by atoms with E-state index in [1.54, 1.807) is 48.5 Å². The number of anilines is 1. The average Bonchev–Trinajstić information content (AvgIpc) is 4.11. The Balaban J connectivity index is 0.949. The van der Waals surface area contributed by atoms with Gasteiger partial charge in [-0.25, -0.2) is 22.0 Å². The molecule has 0 saturated carbocycles. The van der Waals surface area contributed by atoms with Gasteiger partial charge in [0.15, 0.2) is 29.8 Å². The van der Waals surface area contributed by atoms with Gasteiger partial charge in [-0.1, -0.05) is 60.5 Å². The Morgan fingerprint density at radius 2 is 1.56 bits per heavy atom. The molecule has 0 aliphatic carbocycles. The largest absolute Gasteiger partial charge is 0.493 e. The number of carbonyl (C=O) groups is 4. The van der Waals surface area contributed by atoms with Crippen LogP contribution >= 0.6 is 23.4 Å². The summed E-state index contributed by atoms with van der Waals surface area (Å²) >= 11 is 7.97. The SMILES string of the molecule is CC(c1ccc(C(=O)c2ccccc2)cc1OCCCN1CCCC1)N(c1cc(F)c(OCC(=O)NCCCCCNC(=O)CCCC[C@@H]2SC[C@@H]3NC(=O)N[C@@H]32)cc1F)S(=O)(=O)c1ccc(Cl)cc1. The topological polar surface area (TPSA) is 175 Å². The molecule has 0 bridgehead atoms. The maximum absolute atomic E-state index is 16.4. The summed E-state index contributed by atoms with van der Waals surface area (Å²) < 4.78 is 74.1. The third-order valence-electron chi connectivity index (χ3n) is 12.7. The van der Waals surface area contributed by atoms with Crippen molar-refractivity contribution in [3.63, 3.8) is 0 Å². The molecule has 70 heavy (non-hydrogen) atoms. The molecule has 0 aromatic heterocycles. The van der Waals surface area contributed by atoms with Gasteiger partial charge in [0.05, 0.1) is 35.3 Å². The van der Waals surface area contributed by atoms with Gasteiger partial charge in [-0.15, -0.1) is 0 Å². The molecule has 0 spiro atoms. The first-order chi connectivity index (χ1) is 33.8. The van der Waals surface area contributed by atoms with Crippen LogP contribution in [0.25, 0.3) is 0 Å². The second-order valence-corrected chi connectivity index (χ2v) is 21.3. The smallest absolute Gasteiger partial charge is 0.315 e. The Hall–Kier alpha value is -5.43. The molecular formula is C51H61ClF2N6O8S2. The Morgan fingerprint density at radius 3 is 2.30 bits per heavy atom. The number of unbranched alkanes of at least 4 members (excludes halogenated alkanes) is 3. The summed E-state index contributed by atoms with van der Waals surface area (Å²) in [5, 5.41) is 12.2. The summed E-state index contributed by atoms with van der Waals surface area (Å²) in [6, 6.07) is 19.1. The third-order valence-corrected chi connectivity index (χ3v) is 16.4. The number of nitrogens with zero attached hydrogens (tertiary/aromatic N) is 2. The molecule has 4 aromatic rings. The van der Waals surface area contributed by atoms with E-state index in [0.29, 0.717) is 72.8 Å². The van der Waals surface area contributed by atoms with Gasteiger partial charge in [0.25, 0.3) is 15.9 Å². The van der Waals surface area contributed by atoms with E-state index in [1.165, 1.54) is 31.2 Å². The molecule has 4 aromatic carbocycles. The van der Waals surface area contributed by atoms with Crippen LogP contribution in [0, 0.1) is 11.6 Å². The number of nitrogens with one attached hydrogen (secondary N) is 4. The van der Waals surface area contributed by atoms with E-state index < -0.39 is 51.7 Å². The van der Waals surface area contributed by atoms with Crippen LogP contribution in [0.5, 0.6) is 11.5 Å². The number of amides is 4. The third kappa shape index (κ3) is 13.9. The van der Waals surface area contributed by atoms with E-state index in [1.807, 2.05) is 11.8 Å². The van der Waals surface area contributed by atoms with Gasteiger partial charge in [0.2, 0.25) is 5.91 Å². The normalized spacial score (nSPS) is 18.1. The monoisotopic (exact) mass is 1020 g/mol. The molecular weight excluding hydrogens is 962 g/mol. The van der Waals surface area contributed by atoms with Crippen molar-refractivity contribution >= 4 is 62.7 Å². The maximum atomic E-state index is 16.4. The molecule has 4 atom stereocenters. The predicted octanol–water partition coefficient (Wildman–Crippen LogP) is 8.18. The average molecular weight is 1020 g/mol. The number of halogens is 3. The minimum atomic E-state index is -4.65. The number of benzene rings is 4. The lowest BCUT2D eigenvalue weighted by molar-refractivity contribution is -0.123. The zero-order valence-electron chi connectivity index (χ0n) is 39.2. The summed E-state index contributed by atoms with van der Waals surface area (Å²) in [5.74, 6) is -2.60. The molecule has 3 aliphatic rings. The Bertz CT molecular complexity index is 2560. The first-order valence-electron chi connectivity index (χ1n) is 24.0. The van der Waals surface area contributed by atoms with Crippen molar-refractivity contribution in [2.75, 3.05) is 56.0 Å². The number of fused-ring (bicyclic) bond motifs is 1. The van der Waals surface area contributed by atoms with Gasteiger partial charge in [-0.3, -0.25) is 18.7 Å². The number of sulfonamides is 1. The molecule has 1 unspecified atom stereocenters.